The third-order valence-electron chi connectivity index (χ3n) is 6.82. The Labute approximate surface area is 233 Å². The molecule has 4 nitrogen and oxygen atoms in total. The molecule has 37 heavy (non-hydrogen) atoms. The van der Waals surface area contributed by atoms with E-state index in [0.717, 1.165) is 42.4 Å². The molecule has 1 fully saturated rings. The molecule has 194 valence electrons. The predicted octanol–water partition coefficient (Wildman–Crippen LogP) is 7.28. The lowest BCUT2D eigenvalue weighted by molar-refractivity contribution is -0.141. The largest absolute Gasteiger partial charge is 0.352 e. The van der Waals surface area contributed by atoms with Gasteiger partial charge in [0.25, 0.3) is 0 Å². The van der Waals surface area contributed by atoms with Crippen LogP contribution in [-0.4, -0.2) is 28.8 Å². The zero-order valence-corrected chi connectivity index (χ0v) is 22.9. The van der Waals surface area contributed by atoms with Crippen molar-refractivity contribution in [3.8, 4) is 0 Å². The van der Waals surface area contributed by atoms with Gasteiger partial charge in [-0.05, 0) is 53.8 Å². The molecule has 1 atom stereocenters. The maximum absolute atomic E-state index is 13.9. The summed E-state index contributed by atoms with van der Waals surface area (Å²) in [7, 11) is 0. The fourth-order valence-corrected chi connectivity index (χ4v) is 5.54. The molecule has 1 saturated carbocycles. The Hall–Kier alpha value is -2.53. The fraction of sp³-hybridized carbons (Fsp3) is 0.333. The number of nitrogens with one attached hydrogen (secondary N) is 1. The Balaban J connectivity index is 1.68. The summed E-state index contributed by atoms with van der Waals surface area (Å²) < 4.78 is 0. The fourth-order valence-electron chi connectivity index (χ4n) is 4.85. The SMILES string of the molecule is O=C(NC1CCCCC1)[C@@H](Cc1ccccc1)N(Cc1ccc(Cl)cc1Cl)C(=O)Cc1cccc(Cl)c1. The summed E-state index contributed by atoms with van der Waals surface area (Å²) in [6.45, 7) is 0.186. The lowest BCUT2D eigenvalue weighted by Gasteiger charge is -2.34. The molecule has 2 amide bonds. The van der Waals surface area contributed by atoms with E-state index < -0.39 is 6.04 Å². The second-order valence-corrected chi connectivity index (χ2v) is 10.9. The number of halogens is 3. The quantitative estimate of drug-likeness (QED) is 0.301. The van der Waals surface area contributed by atoms with Gasteiger partial charge in [-0.1, -0.05) is 103 Å². The summed E-state index contributed by atoms with van der Waals surface area (Å²) in [5.41, 5.74) is 2.50. The number of hydrogen-bond acceptors (Lipinski definition) is 2. The first-order valence-electron chi connectivity index (χ1n) is 12.7. The first kappa shape index (κ1) is 27.5. The minimum atomic E-state index is -0.706. The molecule has 0 bridgehead atoms. The van der Waals surface area contributed by atoms with Crippen molar-refractivity contribution in [2.24, 2.45) is 0 Å². The first-order valence-corrected chi connectivity index (χ1v) is 13.8. The summed E-state index contributed by atoms with van der Waals surface area (Å²) in [4.78, 5) is 29.3. The molecular formula is C30H31Cl3N2O2. The van der Waals surface area contributed by atoms with Crippen LogP contribution in [-0.2, 0) is 29.0 Å². The van der Waals surface area contributed by atoms with Gasteiger partial charge >= 0.3 is 0 Å². The monoisotopic (exact) mass is 556 g/mol. The van der Waals surface area contributed by atoms with Gasteiger partial charge in [-0.25, -0.2) is 0 Å². The van der Waals surface area contributed by atoms with Crippen molar-refractivity contribution >= 4 is 46.6 Å². The molecule has 1 N–H and O–H groups in total. The second kappa shape index (κ2) is 13.3. The molecule has 4 rings (SSSR count). The molecule has 0 saturated heterocycles. The normalized spacial score (nSPS) is 14.7. The van der Waals surface area contributed by atoms with E-state index in [1.165, 1.54) is 6.42 Å². The number of hydrogen-bond donors (Lipinski definition) is 1. The number of carbonyl (C=O) groups excluding carboxylic acids is 2. The highest BCUT2D eigenvalue weighted by Gasteiger charge is 2.32. The molecule has 0 radical (unpaired) electrons. The van der Waals surface area contributed by atoms with Gasteiger partial charge < -0.3 is 10.2 Å². The van der Waals surface area contributed by atoms with E-state index in [1.54, 1.807) is 29.2 Å². The van der Waals surface area contributed by atoms with Crippen LogP contribution in [0.5, 0.6) is 0 Å². The van der Waals surface area contributed by atoms with Gasteiger partial charge in [0.2, 0.25) is 11.8 Å². The van der Waals surface area contributed by atoms with Crippen LogP contribution in [0.1, 0.15) is 48.8 Å². The molecule has 0 heterocycles. The van der Waals surface area contributed by atoms with Crippen LogP contribution in [0.2, 0.25) is 15.1 Å². The van der Waals surface area contributed by atoms with Gasteiger partial charge in [0.15, 0.2) is 0 Å². The van der Waals surface area contributed by atoms with Crippen LogP contribution in [0.4, 0.5) is 0 Å². The Kier molecular flexibility index (Phi) is 9.90. The number of rotatable bonds is 9. The number of amides is 2. The summed E-state index contributed by atoms with van der Waals surface area (Å²) in [5.74, 6) is -0.312. The molecule has 3 aromatic carbocycles. The number of nitrogens with zero attached hydrogens (tertiary/aromatic N) is 1. The van der Waals surface area contributed by atoms with Crippen molar-refractivity contribution in [1.29, 1.82) is 0 Å². The van der Waals surface area contributed by atoms with Crippen LogP contribution < -0.4 is 5.32 Å². The summed E-state index contributed by atoms with van der Waals surface area (Å²) in [5, 5.41) is 4.79. The third-order valence-corrected chi connectivity index (χ3v) is 7.64. The second-order valence-electron chi connectivity index (χ2n) is 9.61. The standard InChI is InChI=1S/C30H31Cl3N2O2/c31-24-11-7-10-22(16-24)18-29(36)35(20-23-14-15-25(32)19-27(23)33)28(17-21-8-3-1-4-9-21)30(37)34-26-12-5-2-6-13-26/h1,3-4,7-11,14-16,19,26,28H,2,5-6,12-13,17-18,20H2,(H,34,37)/t28-/m1/s1. The van der Waals surface area contributed by atoms with Crippen molar-refractivity contribution in [3.63, 3.8) is 0 Å². The van der Waals surface area contributed by atoms with Crippen molar-refractivity contribution in [2.75, 3.05) is 0 Å². The van der Waals surface area contributed by atoms with Crippen molar-refractivity contribution in [3.05, 3.63) is 105 Å². The molecule has 0 unspecified atom stereocenters. The van der Waals surface area contributed by atoms with E-state index in [2.05, 4.69) is 5.32 Å². The van der Waals surface area contributed by atoms with E-state index in [4.69, 9.17) is 34.8 Å². The molecule has 3 aromatic rings. The topological polar surface area (TPSA) is 49.4 Å². The summed E-state index contributed by atoms with van der Waals surface area (Å²) >= 11 is 18.8. The molecule has 0 aromatic heterocycles. The Morgan fingerprint density at radius 1 is 0.838 bits per heavy atom. The highest BCUT2D eigenvalue weighted by atomic mass is 35.5. The van der Waals surface area contributed by atoms with Gasteiger partial charge in [-0.2, -0.15) is 0 Å². The maximum atomic E-state index is 13.9. The Bertz CT molecular complexity index is 1210. The maximum Gasteiger partial charge on any atom is 0.243 e. The zero-order valence-electron chi connectivity index (χ0n) is 20.6. The highest BCUT2D eigenvalue weighted by Crippen LogP contribution is 2.25. The molecule has 7 heteroatoms. The lowest BCUT2D eigenvalue weighted by atomic mass is 9.94. The minimum Gasteiger partial charge on any atom is -0.352 e. The van der Waals surface area contributed by atoms with E-state index >= 15 is 0 Å². The molecule has 0 spiro atoms. The lowest BCUT2D eigenvalue weighted by Crippen LogP contribution is -2.53. The van der Waals surface area contributed by atoms with Crippen LogP contribution in [0, 0.1) is 0 Å². The Morgan fingerprint density at radius 3 is 2.24 bits per heavy atom. The van der Waals surface area contributed by atoms with Crippen LogP contribution in [0.25, 0.3) is 0 Å². The van der Waals surface area contributed by atoms with E-state index in [0.29, 0.717) is 21.5 Å². The molecule has 0 aliphatic heterocycles. The van der Waals surface area contributed by atoms with Gasteiger partial charge in [-0.15, -0.1) is 0 Å². The number of carbonyl (C=O) groups is 2. The van der Waals surface area contributed by atoms with E-state index in [1.807, 2.05) is 48.5 Å². The van der Waals surface area contributed by atoms with Crippen LogP contribution >= 0.6 is 34.8 Å². The van der Waals surface area contributed by atoms with Crippen molar-refractivity contribution < 1.29 is 9.59 Å². The zero-order chi connectivity index (χ0) is 26.2. The first-order chi connectivity index (χ1) is 17.9. The number of benzene rings is 3. The average molecular weight is 558 g/mol. The predicted molar refractivity (Wildman–Crippen MR) is 151 cm³/mol. The van der Waals surface area contributed by atoms with Crippen molar-refractivity contribution in [1.82, 2.24) is 10.2 Å². The van der Waals surface area contributed by atoms with Crippen LogP contribution in [0.15, 0.2) is 72.8 Å². The summed E-state index contributed by atoms with van der Waals surface area (Å²) in [6.07, 6.45) is 5.84. The molecular weight excluding hydrogens is 527 g/mol. The third kappa shape index (κ3) is 7.98. The summed E-state index contributed by atoms with van der Waals surface area (Å²) in [6, 6.07) is 21.7. The van der Waals surface area contributed by atoms with E-state index in [9.17, 15) is 9.59 Å². The smallest absolute Gasteiger partial charge is 0.243 e. The average Bonchev–Trinajstić information content (AvgIpc) is 2.88. The van der Waals surface area contributed by atoms with Gasteiger partial charge in [-0.3, -0.25) is 9.59 Å². The molecule has 1 aliphatic carbocycles. The van der Waals surface area contributed by atoms with Gasteiger partial charge in [0.05, 0.1) is 6.42 Å². The Morgan fingerprint density at radius 2 is 1.54 bits per heavy atom. The van der Waals surface area contributed by atoms with Crippen LogP contribution in [0.3, 0.4) is 0 Å². The minimum absolute atomic E-state index is 0.119. The van der Waals surface area contributed by atoms with E-state index in [-0.39, 0.29) is 30.8 Å². The van der Waals surface area contributed by atoms with Gasteiger partial charge in [0, 0.05) is 34.1 Å². The van der Waals surface area contributed by atoms with Crippen molar-refractivity contribution in [2.45, 2.75) is 63.6 Å². The highest BCUT2D eigenvalue weighted by molar-refractivity contribution is 6.35. The molecule has 1 aliphatic rings. The van der Waals surface area contributed by atoms with Gasteiger partial charge in [0.1, 0.15) is 6.04 Å².